The number of alkyl halides is 3. The molecule has 0 saturated heterocycles. The van der Waals surface area contributed by atoms with Gasteiger partial charge in [0.15, 0.2) is 0 Å². The molecule has 132 valence electrons. The Morgan fingerprint density at radius 1 is 1.08 bits per heavy atom. The van der Waals surface area contributed by atoms with Gasteiger partial charge in [-0.2, -0.15) is 0 Å². The van der Waals surface area contributed by atoms with Crippen LogP contribution in [-0.4, -0.2) is 26.0 Å². The first kappa shape index (κ1) is 19.2. The average Bonchev–Trinajstić information content (AvgIpc) is 2.53. The Labute approximate surface area is 148 Å². The maximum atomic E-state index is 12.7. The van der Waals surface area contributed by atoms with Gasteiger partial charge in [0, 0.05) is 0 Å². The molecule has 0 amide bonds. The van der Waals surface area contributed by atoms with E-state index in [-0.39, 0.29) is 8.72 Å². The fraction of sp³-hybridized carbons (Fsp3) is 0.154. The van der Waals surface area contributed by atoms with Gasteiger partial charge in [-0.3, -0.25) is 0 Å². The minimum absolute atomic E-state index is 0.128. The maximum absolute atomic E-state index is 12.7. The number of rotatable bonds is 5. The first-order valence-corrected chi connectivity index (χ1v) is 10.9. The summed E-state index contributed by atoms with van der Waals surface area (Å²) in [6.07, 6.45) is 1.21. The molecule has 0 aliphatic carbocycles. The molecule has 0 N–H and O–H groups in total. The molecule has 0 saturated carbocycles. The molecule has 0 aliphatic rings. The van der Waals surface area contributed by atoms with Gasteiger partial charge in [0.05, 0.1) is 0 Å². The van der Waals surface area contributed by atoms with Gasteiger partial charge >= 0.3 is 149 Å². The van der Waals surface area contributed by atoms with Crippen LogP contribution in [0.2, 0.25) is 5.15 Å². The van der Waals surface area contributed by atoms with E-state index in [0.29, 0.717) is 9.32 Å². The molecule has 1 heterocycles. The predicted molar refractivity (Wildman–Crippen MR) is 89.7 cm³/mol. The molecule has 0 unspecified atom stereocenters. The number of nitrogens with zero attached hydrogens (tertiary/aromatic N) is 1. The van der Waals surface area contributed by atoms with E-state index in [1.165, 1.54) is 49.7 Å². The van der Waals surface area contributed by atoms with Crippen molar-refractivity contribution in [2.75, 3.05) is 7.11 Å². The quantitative estimate of drug-likeness (QED) is 0.355. The summed E-state index contributed by atoms with van der Waals surface area (Å²) >= 11 is 2.23. The second-order valence-corrected chi connectivity index (χ2v) is 11.0. The SMILES string of the molecule is COc1ccc(I(OS(=O)(=O)C(F)(F)F)c2ccc(Cl)nc2)cc1. The van der Waals surface area contributed by atoms with Crippen molar-refractivity contribution in [3.63, 3.8) is 0 Å². The molecule has 2 rings (SSSR count). The number of hydrogen-bond acceptors (Lipinski definition) is 5. The second-order valence-electron chi connectivity index (χ2n) is 4.17. The van der Waals surface area contributed by atoms with Gasteiger partial charge in [-0.25, -0.2) is 0 Å². The van der Waals surface area contributed by atoms with Crippen molar-refractivity contribution in [1.82, 2.24) is 4.98 Å². The van der Waals surface area contributed by atoms with Crippen LogP contribution in [0.3, 0.4) is 0 Å². The van der Waals surface area contributed by atoms with E-state index in [9.17, 15) is 21.6 Å². The molecule has 11 heteroatoms. The predicted octanol–water partition coefficient (Wildman–Crippen LogP) is 4.07. The molecular formula is C13H10ClF3INO4S. The van der Waals surface area contributed by atoms with Crippen molar-refractivity contribution in [1.29, 1.82) is 0 Å². The van der Waals surface area contributed by atoms with Crippen LogP contribution in [0.1, 0.15) is 0 Å². The minimum atomic E-state index is -5.74. The Hall–Kier alpha value is -1.11. The third kappa shape index (κ3) is 4.49. The van der Waals surface area contributed by atoms with E-state index in [1.807, 2.05) is 0 Å². The van der Waals surface area contributed by atoms with Gasteiger partial charge in [-0.15, -0.1) is 0 Å². The number of halogens is 5. The van der Waals surface area contributed by atoms with Gasteiger partial charge in [0.2, 0.25) is 0 Å². The third-order valence-electron chi connectivity index (χ3n) is 2.57. The first-order chi connectivity index (χ1) is 11.1. The first-order valence-electron chi connectivity index (χ1n) is 6.11. The zero-order chi connectivity index (χ0) is 18.0. The van der Waals surface area contributed by atoms with Gasteiger partial charge in [-0.05, 0) is 0 Å². The molecular weight excluding hydrogens is 486 g/mol. The van der Waals surface area contributed by atoms with E-state index in [2.05, 4.69) is 7.50 Å². The van der Waals surface area contributed by atoms with Gasteiger partial charge in [0.1, 0.15) is 0 Å². The summed E-state index contributed by atoms with van der Waals surface area (Å²) in [6.45, 7) is 0. The number of aromatic nitrogens is 1. The van der Waals surface area contributed by atoms with Crippen LogP contribution in [0.15, 0.2) is 42.6 Å². The van der Waals surface area contributed by atoms with Crippen LogP contribution in [0.4, 0.5) is 13.2 Å². The van der Waals surface area contributed by atoms with E-state index in [1.54, 1.807) is 0 Å². The van der Waals surface area contributed by atoms with Crippen LogP contribution in [0, 0.1) is 7.14 Å². The summed E-state index contributed by atoms with van der Waals surface area (Å²) in [4.78, 5) is 3.78. The summed E-state index contributed by atoms with van der Waals surface area (Å²) in [7, 11) is -4.31. The Morgan fingerprint density at radius 3 is 2.12 bits per heavy atom. The van der Waals surface area contributed by atoms with Crippen LogP contribution >= 0.6 is 31.8 Å². The van der Waals surface area contributed by atoms with E-state index < -0.39 is 35.9 Å². The van der Waals surface area contributed by atoms with Crippen molar-refractivity contribution in [2.24, 2.45) is 0 Å². The molecule has 0 atom stereocenters. The normalized spacial score (nSPS) is 12.8. The number of pyridine rings is 1. The van der Waals surface area contributed by atoms with Crippen LogP contribution < -0.4 is 4.74 Å². The Kier molecular flexibility index (Phi) is 5.94. The molecule has 0 bridgehead atoms. The Morgan fingerprint density at radius 2 is 1.67 bits per heavy atom. The van der Waals surface area contributed by atoms with Crippen LogP contribution in [-0.2, 0) is 12.6 Å². The monoisotopic (exact) mass is 495 g/mol. The molecule has 1 aromatic carbocycles. The molecule has 0 aliphatic heterocycles. The van der Waals surface area contributed by atoms with E-state index in [0.717, 1.165) is 0 Å². The fourth-order valence-corrected chi connectivity index (χ4v) is 7.86. The zero-order valence-electron chi connectivity index (χ0n) is 11.9. The zero-order valence-corrected chi connectivity index (χ0v) is 15.6. The molecule has 1 aromatic heterocycles. The molecule has 2 aromatic rings. The molecule has 0 radical (unpaired) electrons. The summed E-state index contributed by atoms with van der Waals surface area (Å²) in [5, 5.41) is 0.128. The van der Waals surface area contributed by atoms with E-state index in [4.69, 9.17) is 16.3 Å². The molecule has 5 nitrogen and oxygen atoms in total. The fourth-order valence-electron chi connectivity index (χ4n) is 1.46. The molecule has 24 heavy (non-hydrogen) atoms. The Balaban J connectivity index is 2.46. The van der Waals surface area contributed by atoms with E-state index >= 15 is 0 Å². The summed E-state index contributed by atoms with van der Waals surface area (Å²) in [5.41, 5.74) is -5.50. The van der Waals surface area contributed by atoms with Gasteiger partial charge in [0.25, 0.3) is 0 Å². The number of benzene rings is 1. The average molecular weight is 496 g/mol. The summed E-state index contributed by atoms with van der Waals surface area (Å²) < 4.78 is 71.0. The summed E-state index contributed by atoms with van der Waals surface area (Å²) in [6, 6.07) is 8.69. The summed E-state index contributed by atoms with van der Waals surface area (Å²) in [5.74, 6) is 0.475. The van der Waals surface area contributed by atoms with Crippen LogP contribution in [0.25, 0.3) is 0 Å². The topological polar surface area (TPSA) is 65.5 Å². The second kappa shape index (κ2) is 7.42. The molecule has 0 fully saturated rings. The van der Waals surface area contributed by atoms with Crippen molar-refractivity contribution in [3.05, 3.63) is 54.9 Å². The number of hydrogen-bond donors (Lipinski definition) is 0. The van der Waals surface area contributed by atoms with Gasteiger partial charge in [-0.1, -0.05) is 0 Å². The van der Waals surface area contributed by atoms with Crippen molar-refractivity contribution in [2.45, 2.75) is 5.51 Å². The third-order valence-corrected chi connectivity index (χ3v) is 9.77. The standard InChI is InChI=1S/C13H10ClF3INO4S/c1-22-11-5-2-9(3-6-11)18(10-4-7-12(14)19-8-10)23-24(20,21)13(15,16)17/h2-8H,1H3. The molecule has 0 spiro atoms. The Bertz CT molecular complexity index is 797. The van der Waals surface area contributed by atoms with Crippen LogP contribution in [0.5, 0.6) is 5.75 Å². The number of methoxy groups -OCH3 is 1. The number of ether oxygens (including phenoxy) is 1. The van der Waals surface area contributed by atoms with Gasteiger partial charge < -0.3 is 0 Å². The van der Waals surface area contributed by atoms with Crippen molar-refractivity contribution < 1.29 is 28.8 Å². The van der Waals surface area contributed by atoms with Crippen molar-refractivity contribution >= 4 is 42.0 Å². The van der Waals surface area contributed by atoms with Crippen molar-refractivity contribution in [3.8, 4) is 5.75 Å².